The topological polar surface area (TPSA) is 208 Å². The number of allylic oxidation sites excluding steroid dienone is 1. The third kappa shape index (κ3) is 14.5. The van der Waals surface area contributed by atoms with Crippen molar-refractivity contribution in [2.45, 2.75) is 205 Å². The van der Waals surface area contributed by atoms with E-state index in [0.717, 1.165) is 5.57 Å². The van der Waals surface area contributed by atoms with E-state index in [0.29, 0.717) is 91.9 Å². The van der Waals surface area contributed by atoms with Crippen LogP contribution in [0.4, 0.5) is 5.69 Å². The molecule has 0 aromatic heterocycles. The average Bonchev–Trinajstić information content (AvgIpc) is 3.38. The molecule has 3 unspecified atom stereocenters. The van der Waals surface area contributed by atoms with E-state index in [2.05, 4.69) is 0 Å². The summed E-state index contributed by atoms with van der Waals surface area (Å²) in [5.74, 6) is -8.64. The molecule has 3 saturated heterocycles. The normalized spacial score (nSPS) is 38.1. The number of aliphatic hydroxyl groups excluding tert-OH is 2. The number of hydrogen-bond donors (Lipinski definition) is 3. The maximum Gasteiger partial charge on any atom is 0.329 e. The van der Waals surface area contributed by atoms with Gasteiger partial charge in [-0.1, -0.05) is 76.0 Å². The number of hydrogen-bond acceptors (Lipinski definition) is 15. The van der Waals surface area contributed by atoms with Crippen molar-refractivity contribution in [1.29, 1.82) is 0 Å². The Bertz CT molecular complexity index is 2210. The molecule has 0 spiro atoms. The molecular formula is C57H84Cl2N2O14. The number of ketones is 3. The summed E-state index contributed by atoms with van der Waals surface area (Å²) in [5, 5.41) is 37.0. The van der Waals surface area contributed by atoms with Crippen molar-refractivity contribution in [2.24, 2.45) is 35.5 Å². The van der Waals surface area contributed by atoms with E-state index < -0.39 is 90.0 Å². The van der Waals surface area contributed by atoms with Crippen LogP contribution in [0.2, 0.25) is 10.0 Å². The number of para-hydroxylation sites is 1. The molecule has 5 heterocycles. The Morgan fingerprint density at radius 1 is 0.827 bits per heavy atom. The van der Waals surface area contributed by atoms with Crippen LogP contribution in [0.15, 0.2) is 41.5 Å². The van der Waals surface area contributed by atoms with Crippen molar-refractivity contribution in [3.05, 3.63) is 51.5 Å². The van der Waals surface area contributed by atoms with Crippen molar-refractivity contribution in [1.82, 2.24) is 4.90 Å². The number of benzene rings is 1. The van der Waals surface area contributed by atoms with Crippen LogP contribution in [0.1, 0.15) is 138 Å². The van der Waals surface area contributed by atoms with Crippen molar-refractivity contribution in [3.63, 3.8) is 0 Å². The molecule has 1 aromatic rings. The fourth-order valence-electron chi connectivity index (χ4n) is 12.2. The van der Waals surface area contributed by atoms with Crippen LogP contribution in [0.25, 0.3) is 0 Å². The molecule has 7 rings (SSSR count). The summed E-state index contributed by atoms with van der Waals surface area (Å²) in [7, 11) is 4.50. The lowest BCUT2D eigenvalue weighted by molar-refractivity contribution is -0.265. The lowest BCUT2D eigenvalue weighted by Crippen LogP contribution is -2.61. The molecule has 1 saturated carbocycles. The highest BCUT2D eigenvalue weighted by Gasteiger charge is 2.53. The molecule has 6 aliphatic rings. The molecular weight excluding hydrogens is 1010 g/mol. The van der Waals surface area contributed by atoms with Crippen LogP contribution >= 0.6 is 23.2 Å². The molecule has 1 aliphatic carbocycles. The highest BCUT2D eigenvalue weighted by atomic mass is 35.5. The number of amides is 1. The SMILES string of the molecule is CO[C@H]1C[C@@H]2CC[C@@H](C)[C@@](O)(O2)C(=O)C(=O)N2CCCCC2C(=O)O[C@H]([C@H](C)C[C@@H]2CC[C@@H](O)[C@H](OC)C2)CC(=O)[C@H](C)/C=C(\C)[C@@H](O)[C@@H](OC)C(=O)[C@H](C)C[C@H](C)C2CCC(C=C1C)ON2c1c(Cl)cccc1Cl. The monoisotopic (exact) mass is 1090 g/mol. The van der Waals surface area contributed by atoms with Gasteiger partial charge in [0.1, 0.15) is 41.9 Å². The number of carbonyl (C=O) groups excluding carboxylic acids is 5. The molecule has 16 nitrogen and oxygen atoms in total. The second-order valence-corrected chi connectivity index (χ2v) is 23.3. The minimum atomic E-state index is -2.49. The number of esters is 1. The number of Topliss-reactive ketones (excluding diaryl/α,β-unsaturated/α-hetero) is 3. The van der Waals surface area contributed by atoms with Gasteiger partial charge in [-0.15, -0.1) is 0 Å². The molecule has 75 heavy (non-hydrogen) atoms. The largest absolute Gasteiger partial charge is 0.460 e. The second kappa shape index (κ2) is 27.0. The van der Waals surface area contributed by atoms with Gasteiger partial charge in [0.25, 0.3) is 11.7 Å². The van der Waals surface area contributed by atoms with Gasteiger partial charge >= 0.3 is 5.97 Å². The van der Waals surface area contributed by atoms with Gasteiger partial charge in [0, 0.05) is 58.5 Å². The van der Waals surface area contributed by atoms with Gasteiger partial charge in [0.2, 0.25) is 5.79 Å². The molecule has 4 bridgehead atoms. The lowest BCUT2D eigenvalue weighted by Gasteiger charge is -2.44. The van der Waals surface area contributed by atoms with E-state index in [1.807, 2.05) is 33.8 Å². The molecule has 17 atom stereocenters. The molecule has 0 radical (unpaired) electrons. The first-order valence-corrected chi connectivity index (χ1v) is 28.0. The van der Waals surface area contributed by atoms with Crippen LogP contribution < -0.4 is 5.06 Å². The molecule has 420 valence electrons. The van der Waals surface area contributed by atoms with Gasteiger partial charge in [0.05, 0.1) is 40.5 Å². The summed E-state index contributed by atoms with van der Waals surface area (Å²) in [5.41, 5.74) is 1.64. The number of methoxy groups -OCH3 is 3. The van der Waals surface area contributed by atoms with E-state index in [9.17, 15) is 39.3 Å². The standard InChI is InChI=1S/C57H84Cl2N2O14/c1-31-24-35(5)51(64)53(72-10)52(65)36(6)25-32(2)46(63)30-48(33(3)26-38-18-22-45(62)49(28-38)71-9)73-56(68)44-16-11-12-23-60(44)55(67)54(66)57(69)37(7)17-19-39(74-57)29-47(70-8)34(4)27-40-20-21-43(31)61(75-40)50-41(58)14-13-15-42(50)59/h13-15,25,27,31-33,35,37-40,43-45,47-49,52-53,62,65,69H,11-12,16-24,26,28-30H2,1-10H3/b34-27?,36-25+/t31-,32+,33+,35+,37+,38-,39-,40?,43?,44?,45+,47-,48-,49+,52+,53-,57+/m0/s1. The van der Waals surface area contributed by atoms with E-state index in [1.165, 1.54) is 12.0 Å². The van der Waals surface area contributed by atoms with Gasteiger partial charge in [0.15, 0.2) is 5.78 Å². The number of fused-ring (bicyclic) bond motifs is 17. The minimum absolute atomic E-state index is 0.0616. The highest BCUT2D eigenvalue weighted by Crippen LogP contribution is 2.43. The number of halogens is 2. The summed E-state index contributed by atoms with van der Waals surface area (Å²) < 4.78 is 29.9. The lowest BCUT2D eigenvalue weighted by atomic mass is 9.78. The number of carbonyl (C=O) groups is 5. The van der Waals surface area contributed by atoms with Gasteiger partial charge in [-0.2, -0.15) is 0 Å². The van der Waals surface area contributed by atoms with Crippen LogP contribution in [-0.4, -0.2) is 144 Å². The van der Waals surface area contributed by atoms with Gasteiger partial charge < -0.3 is 43.9 Å². The molecule has 1 amide bonds. The Morgan fingerprint density at radius 2 is 1.53 bits per heavy atom. The van der Waals surface area contributed by atoms with Gasteiger partial charge in [-0.05, 0) is 132 Å². The van der Waals surface area contributed by atoms with Crippen molar-refractivity contribution >= 4 is 58.1 Å². The number of nitrogens with zero attached hydrogens (tertiary/aromatic N) is 2. The van der Waals surface area contributed by atoms with E-state index in [1.54, 1.807) is 64.3 Å². The van der Waals surface area contributed by atoms with E-state index >= 15 is 0 Å². The minimum Gasteiger partial charge on any atom is -0.460 e. The maximum absolute atomic E-state index is 14.5. The summed E-state index contributed by atoms with van der Waals surface area (Å²) in [6, 6.07) is 3.77. The number of rotatable bonds is 7. The Labute approximate surface area is 454 Å². The first-order valence-electron chi connectivity index (χ1n) is 27.3. The maximum atomic E-state index is 14.5. The smallest absolute Gasteiger partial charge is 0.329 e. The van der Waals surface area contributed by atoms with Crippen LogP contribution in [0.3, 0.4) is 0 Å². The Kier molecular flexibility index (Phi) is 22.0. The third-order valence-electron chi connectivity index (χ3n) is 17.0. The molecule has 1 aromatic carbocycles. The number of ether oxygens (including phenoxy) is 5. The zero-order valence-corrected chi connectivity index (χ0v) is 47.2. The number of hydroxylamine groups is 1. The van der Waals surface area contributed by atoms with Crippen molar-refractivity contribution < 1.29 is 67.8 Å². The summed E-state index contributed by atoms with van der Waals surface area (Å²) in [6.07, 6.45) is 3.43. The first kappa shape index (κ1) is 60.9. The summed E-state index contributed by atoms with van der Waals surface area (Å²) in [4.78, 5) is 80.0. The molecule has 18 heteroatoms. The first-order chi connectivity index (χ1) is 35.5. The van der Waals surface area contributed by atoms with Crippen LogP contribution in [0.5, 0.6) is 0 Å². The van der Waals surface area contributed by atoms with Crippen LogP contribution in [0, 0.1) is 35.5 Å². The Hall–Kier alpha value is -3.29. The number of aliphatic hydroxyl groups is 3. The zero-order valence-electron chi connectivity index (χ0n) is 45.7. The van der Waals surface area contributed by atoms with Crippen molar-refractivity contribution in [3.8, 4) is 0 Å². The van der Waals surface area contributed by atoms with Gasteiger partial charge in [-0.25, -0.2) is 9.86 Å². The molecule has 4 fully saturated rings. The highest BCUT2D eigenvalue weighted by molar-refractivity contribution is 6.39. The van der Waals surface area contributed by atoms with E-state index in [4.69, 9.17) is 51.7 Å². The zero-order chi connectivity index (χ0) is 55.1. The van der Waals surface area contributed by atoms with Gasteiger partial charge in [-0.3, -0.25) is 24.0 Å². The van der Waals surface area contributed by atoms with Crippen molar-refractivity contribution in [2.75, 3.05) is 32.9 Å². The predicted octanol–water partition coefficient (Wildman–Crippen LogP) is 8.34. The summed E-state index contributed by atoms with van der Waals surface area (Å²) >= 11 is 13.7. The molecule has 3 N–H and O–H groups in total. The van der Waals surface area contributed by atoms with E-state index in [-0.39, 0.29) is 67.3 Å². The summed E-state index contributed by atoms with van der Waals surface area (Å²) in [6.45, 7) is 12.7. The fourth-order valence-corrected chi connectivity index (χ4v) is 12.8. The quantitative estimate of drug-likeness (QED) is 0.133. The van der Waals surface area contributed by atoms with Crippen LogP contribution in [-0.2, 0) is 52.5 Å². The fraction of sp³-hybridized carbons (Fsp3) is 0.737. The number of anilines is 1. The predicted molar refractivity (Wildman–Crippen MR) is 284 cm³/mol. The molecule has 5 aliphatic heterocycles. The average molecular weight is 1090 g/mol. The third-order valence-corrected chi connectivity index (χ3v) is 17.6. The second-order valence-electron chi connectivity index (χ2n) is 22.5. The number of piperidine rings is 1. The Morgan fingerprint density at radius 3 is 2.20 bits per heavy atom. The Balaban J connectivity index is 1.36.